The molecule has 0 saturated carbocycles. The van der Waals surface area contributed by atoms with Gasteiger partial charge in [-0.1, -0.05) is 5.92 Å². The monoisotopic (exact) mass is 82.1 g/mol. The number of rotatable bonds is 1. The predicted octanol–water partition coefficient (Wildman–Crippen LogP) is 0.244. The molecular weight excluding hydrogens is 74.1 g/mol. The maximum Gasteiger partial charge on any atom is 0.0741 e. The highest BCUT2D eigenvalue weighted by atomic mass is 14.8. The van der Waals surface area contributed by atoms with Crippen LogP contribution >= 0.6 is 0 Å². The molecule has 0 aliphatic heterocycles. The molecule has 1 nitrogen and oxygen atoms in total. The fourth-order valence-electron chi connectivity index (χ4n) is 0.158. The van der Waals surface area contributed by atoms with Crippen molar-refractivity contribution in [3.05, 3.63) is 0 Å². The largest absolute Gasteiger partial charge is 0.232 e. The molecule has 0 heterocycles. The molecule has 0 aromatic carbocycles. The molecule has 1 radical (unpaired) electrons. The van der Waals surface area contributed by atoms with E-state index in [-0.39, 0.29) is 0 Å². The van der Waals surface area contributed by atoms with Gasteiger partial charge in [0, 0.05) is 7.05 Å². The van der Waals surface area contributed by atoms with Gasteiger partial charge in [0.15, 0.2) is 0 Å². The van der Waals surface area contributed by atoms with Crippen LogP contribution in [0, 0.1) is 11.8 Å². The van der Waals surface area contributed by atoms with Gasteiger partial charge in [0.25, 0.3) is 0 Å². The Morgan fingerprint density at radius 2 is 2.33 bits per heavy atom. The minimum Gasteiger partial charge on any atom is -0.232 e. The Hall–Kier alpha value is -0.480. The highest BCUT2D eigenvalue weighted by molar-refractivity contribution is 4.96. The molecule has 0 unspecified atom stereocenters. The predicted molar refractivity (Wildman–Crippen MR) is 26.4 cm³/mol. The first-order valence-corrected chi connectivity index (χ1v) is 1.87. The lowest BCUT2D eigenvalue weighted by Crippen LogP contribution is -1.93. The first kappa shape index (κ1) is 5.52. The van der Waals surface area contributed by atoms with Crippen LogP contribution in [0.5, 0.6) is 0 Å². The zero-order valence-electron chi connectivity index (χ0n) is 4.15. The molecule has 0 aliphatic rings. The lowest BCUT2D eigenvalue weighted by Gasteiger charge is -1.74. The second-order valence-corrected chi connectivity index (χ2v) is 0.901. The van der Waals surface area contributed by atoms with E-state index in [4.69, 9.17) is 0 Å². The van der Waals surface area contributed by atoms with Gasteiger partial charge < -0.3 is 0 Å². The summed E-state index contributed by atoms with van der Waals surface area (Å²) in [6, 6.07) is 0. The molecular formula is C5H8N. The highest BCUT2D eigenvalue weighted by Gasteiger charge is 1.61. The normalized spacial score (nSPS) is 6.33. The Kier molecular flexibility index (Phi) is 4.16. The molecule has 0 fully saturated rings. The van der Waals surface area contributed by atoms with Crippen LogP contribution in [0.2, 0.25) is 0 Å². The van der Waals surface area contributed by atoms with Gasteiger partial charge in [-0.25, -0.2) is 5.32 Å². The standard InChI is InChI=1S/C5H8N/c1-3-4-5-6-2/h5H2,1-2H3. The summed E-state index contributed by atoms with van der Waals surface area (Å²) >= 11 is 0. The zero-order valence-corrected chi connectivity index (χ0v) is 4.15. The van der Waals surface area contributed by atoms with Crippen molar-refractivity contribution < 1.29 is 0 Å². The fraction of sp³-hybridized carbons (Fsp3) is 0.600. The van der Waals surface area contributed by atoms with Crippen molar-refractivity contribution in [3.8, 4) is 11.8 Å². The summed E-state index contributed by atoms with van der Waals surface area (Å²) < 4.78 is 0. The second kappa shape index (κ2) is 4.52. The summed E-state index contributed by atoms with van der Waals surface area (Å²) in [4.78, 5) is 0. The molecule has 0 bridgehead atoms. The Morgan fingerprint density at radius 3 is 2.50 bits per heavy atom. The van der Waals surface area contributed by atoms with E-state index in [0.29, 0.717) is 6.54 Å². The smallest absolute Gasteiger partial charge is 0.0741 e. The molecule has 0 aromatic rings. The van der Waals surface area contributed by atoms with Gasteiger partial charge in [0.05, 0.1) is 6.54 Å². The minimum absolute atomic E-state index is 0.677. The Balaban J connectivity index is 2.79. The highest BCUT2D eigenvalue weighted by Crippen LogP contribution is 1.49. The van der Waals surface area contributed by atoms with Crippen LogP contribution in [0.1, 0.15) is 6.92 Å². The molecule has 6 heavy (non-hydrogen) atoms. The molecule has 0 aromatic heterocycles. The summed E-state index contributed by atoms with van der Waals surface area (Å²) in [5.41, 5.74) is 0. The molecule has 0 aliphatic carbocycles. The molecule has 0 atom stereocenters. The van der Waals surface area contributed by atoms with Crippen molar-refractivity contribution in [2.75, 3.05) is 13.6 Å². The van der Waals surface area contributed by atoms with Crippen molar-refractivity contribution >= 4 is 0 Å². The van der Waals surface area contributed by atoms with Crippen LogP contribution in [0.15, 0.2) is 0 Å². The lowest BCUT2D eigenvalue weighted by atomic mass is 10.6. The first-order chi connectivity index (χ1) is 2.91. The average Bonchev–Trinajstić information content (AvgIpc) is 1.61. The third kappa shape index (κ3) is 3.52. The summed E-state index contributed by atoms with van der Waals surface area (Å²) in [5.74, 6) is 5.51. The van der Waals surface area contributed by atoms with Crippen LogP contribution in [0.3, 0.4) is 0 Å². The van der Waals surface area contributed by atoms with Crippen molar-refractivity contribution in [1.29, 1.82) is 0 Å². The van der Waals surface area contributed by atoms with E-state index in [2.05, 4.69) is 17.2 Å². The van der Waals surface area contributed by atoms with E-state index in [1.165, 1.54) is 0 Å². The fourth-order valence-corrected chi connectivity index (χ4v) is 0.158. The molecule has 0 amide bonds. The average molecular weight is 82.1 g/mol. The van der Waals surface area contributed by atoms with Crippen molar-refractivity contribution in [2.24, 2.45) is 0 Å². The zero-order chi connectivity index (χ0) is 4.83. The molecule has 0 N–H and O–H groups in total. The third-order valence-corrected chi connectivity index (χ3v) is 0.414. The van der Waals surface area contributed by atoms with Crippen LogP contribution in [0.4, 0.5) is 0 Å². The SMILES string of the molecule is CC#CC[N]C. The van der Waals surface area contributed by atoms with Gasteiger partial charge in [-0.05, 0) is 6.92 Å². The van der Waals surface area contributed by atoms with Crippen molar-refractivity contribution in [3.63, 3.8) is 0 Å². The number of hydrogen-bond acceptors (Lipinski definition) is 0. The second-order valence-electron chi connectivity index (χ2n) is 0.901. The van der Waals surface area contributed by atoms with Crippen molar-refractivity contribution in [1.82, 2.24) is 5.32 Å². The van der Waals surface area contributed by atoms with E-state index < -0.39 is 0 Å². The number of hydrogen-bond donors (Lipinski definition) is 0. The quantitative estimate of drug-likeness (QED) is 0.402. The van der Waals surface area contributed by atoms with Gasteiger partial charge in [-0.15, -0.1) is 5.92 Å². The van der Waals surface area contributed by atoms with Gasteiger partial charge in [-0.3, -0.25) is 0 Å². The van der Waals surface area contributed by atoms with E-state index in [1.54, 1.807) is 7.05 Å². The third-order valence-electron chi connectivity index (χ3n) is 0.414. The van der Waals surface area contributed by atoms with Crippen molar-refractivity contribution in [2.45, 2.75) is 6.92 Å². The summed E-state index contributed by atoms with van der Waals surface area (Å²) in [5, 5.41) is 3.75. The number of nitrogens with zero attached hydrogens (tertiary/aromatic N) is 1. The topological polar surface area (TPSA) is 14.1 Å². The Bertz CT molecular complexity index is 65.7. The van der Waals surface area contributed by atoms with Gasteiger partial charge in [-0.2, -0.15) is 0 Å². The van der Waals surface area contributed by atoms with E-state index in [0.717, 1.165) is 0 Å². The Labute approximate surface area is 38.7 Å². The molecule has 0 spiro atoms. The maximum absolute atomic E-state index is 3.75. The van der Waals surface area contributed by atoms with Gasteiger partial charge in [0.1, 0.15) is 0 Å². The summed E-state index contributed by atoms with van der Waals surface area (Å²) in [6.45, 7) is 2.49. The lowest BCUT2D eigenvalue weighted by molar-refractivity contribution is 0.916. The van der Waals surface area contributed by atoms with Crippen LogP contribution < -0.4 is 5.32 Å². The van der Waals surface area contributed by atoms with E-state index in [9.17, 15) is 0 Å². The van der Waals surface area contributed by atoms with E-state index in [1.807, 2.05) is 6.92 Å². The van der Waals surface area contributed by atoms with E-state index >= 15 is 0 Å². The van der Waals surface area contributed by atoms with Gasteiger partial charge in [0.2, 0.25) is 0 Å². The Morgan fingerprint density at radius 1 is 1.67 bits per heavy atom. The minimum atomic E-state index is 0.677. The molecule has 33 valence electrons. The van der Waals surface area contributed by atoms with Gasteiger partial charge >= 0.3 is 0 Å². The van der Waals surface area contributed by atoms with Crippen LogP contribution in [-0.2, 0) is 0 Å². The molecule has 1 heteroatoms. The molecule has 0 saturated heterocycles. The first-order valence-electron chi connectivity index (χ1n) is 1.87. The molecule has 0 rings (SSSR count). The maximum atomic E-state index is 3.75. The summed E-state index contributed by atoms with van der Waals surface area (Å²) in [6.07, 6.45) is 0. The summed E-state index contributed by atoms with van der Waals surface area (Å²) in [7, 11) is 1.75. The van der Waals surface area contributed by atoms with Crippen LogP contribution in [-0.4, -0.2) is 13.6 Å². The van der Waals surface area contributed by atoms with Crippen LogP contribution in [0.25, 0.3) is 0 Å².